The van der Waals surface area contributed by atoms with E-state index in [1.807, 2.05) is 12.1 Å². The Kier molecular flexibility index (Phi) is 4.21. The Hall–Kier alpha value is -0.500. The molecular weight excluding hydrogens is 252 g/mol. The minimum atomic E-state index is -0.0856. The molecule has 0 saturated carbocycles. The zero-order valence-electron chi connectivity index (χ0n) is 9.93. The molecule has 1 rings (SSSR count). The van der Waals surface area contributed by atoms with Crippen molar-refractivity contribution in [2.45, 2.75) is 46.1 Å². The van der Waals surface area contributed by atoms with Crippen molar-refractivity contribution >= 4 is 15.9 Å². The van der Waals surface area contributed by atoms with Crippen molar-refractivity contribution < 1.29 is 4.74 Å². The fourth-order valence-corrected chi connectivity index (χ4v) is 1.70. The molecule has 0 bridgehead atoms. The second-order valence-corrected chi connectivity index (χ2v) is 5.24. The van der Waals surface area contributed by atoms with E-state index in [1.54, 1.807) is 0 Å². The monoisotopic (exact) mass is 270 g/mol. The molecule has 1 aromatic rings. The first-order chi connectivity index (χ1) is 6.98. The van der Waals surface area contributed by atoms with Gasteiger partial charge < -0.3 is 4.74 Å². The van der Waals surface area contributed by atoms with Crippen LogP contribution in [0.5, 0.6) is 5.75 Å². The van der Waals surface area contributed by atoms with Gasteiger partial charge in [-0.2, -0.15) is 0 Å². The van der Waals surface area contributed by atoms with E-state index in [1.165, 1.54) is 5.56 Å². The van der Waals surface area contributed by atoms with Crippen LogP contribution in [0.15, 0.2) is 22.7 Å². The van der Waals surface area contributed by atoms with Crippen LogP contribution < -0.4 is 4.74 Å². The predicted octanol–water partition coefficient (Wildman–Crippen LogP) is 4.58. The van der Waals surface area contributed by atoms with Gasteiger partial charge in [-0.3, -0.25) is 0 Å². The average molecular weight is 271 g/mol. The van der Waals surface area contributed by atoms with Gasteiger partial charge in [0.25, 0.3) is 0 Å². The third-order valence-electron chi connectivity index (χ3n) is 2.64. The number of halogens is 1. The number of ether oxygens (including phenoxy) is 1. The van der Waals surface area contributed by atoms with E-state index < -0.39 is 0 Å². The zero-order valence-corrected chi connectivity index (χ0v) is 11.5. The maximum Gasteiger partial charge on any atom is 0.123 e. The van der Waals surface area contributed by atoms with Crippen molar-refractivity contribution in [2.24, 2.45) is 0 Å². The summed E-state index contributed by atoms with van der Waals surface area (Å²) in [6.45, 7) is 8.53. The lowest BCUT2D eigenvalue weighted by molar-refractivity contribution is 0.104. The molecular formula is C13H19BrO. The molecule has 1 aromatic carbocycles. The molecule has 1 nitrogen and oxygen atoms in total. The van der Waals surface area contributed by atoms with E-state index in [9.17, 15) is 0 Å². The van der Waals surface area contributed by atoms with Crippen molar-refractivity contribution in [3.8, 4) is 5.75 Å². The van der Waals surface area contributed by atoms with Crippen LogP contribution >= 0.6 is 15.9 Å². The first-order valence-electron chi connectivity index (χ1n) is 5.46. The molecule has 0 aromatic heterocycles. The van der Waals surface area contributed by atoms with Crippen LogP contribution in [-0.4, -0.2) is 5.60 Å². The number of benzene rings is 1. The Morgan fingerprint density at radius 2 is 1.93 bits per heavy atom. The molecule has 0 aliphatic rings. The summed E-state index contributed by atoms with van der Waals surface area (Å²) in [6, 6.07) is 6.20. The maximum atomic E-state index is 6.01. The highest BCUT2D eigenvalue weighted by Gasteiger charge is 2.18. The number of rotatable bonds is 4. The van der Waals surface area contributed by atoms with Crippen molar-refractivity contribution in [1.29, 1.82) is 0 Å². The van der Waals surface area contributed by atoms with E-state index in [-0.39, 0.29) is 5.60 Å². The van der Waals surface area contributed by atoms with E-state index in [2.05, 4.69) is 49.7 Å². The Bertz CT molecular complexity index is 331. The Morgan fingerprint density at radius 1 is 1.27 bits per heavy atom. The smallest absolute Gasteiger partial charge is 0.123 e. The average Bonchev–Trinajstić information content (AvgIpc) is 2.20. The summed E-state index contributed by atoms with van der Waals surface area (Å²) < 4.78 is 7.12. The molecule has 0 spiro atoms. The number of hydrogen-bond donors (Lipinski definition) is 0. The van der Waals surface area contributed by atoms with Crippen molar-refractivity contribution in [3.63, 3.8) is 0 Å². The summed E-state index contributed by atoms with van der Waals surface area (Å²) in [4.78, 5) is 0. The van der Waals surface area contributed by atoms with Crippen LogP contribution in [0, 0.1) is 0 Å². The highest BCUT2D eigenvalue weighted by atomic mass is 79.9. The van der Waals surface area contributed by atoms with Crippen molar-refractivity contribution in [1.82, 2.24) is 0 Å². The molecule has 0 fully saturated rings. The van der Waals surface area contributed by atoms with E-state index in [4.69, 9.17) is 4.74 Å². The second-order valence-electron chi connectivity index (χ2n) is 4.32. The van der Waals surface area contributed by atoms with E-state index in [0.29, 0.717) is 0 Å². The van der Waals surface area contributed by atoms with Gasteiger partial charge in [0.15, 0.2) is 0 Å². The minimum Gasteiger partial charge on any atom is -0.488 e. The van der Waals surface area contributed by atoms with Crippen LogP contribution in [0.2, 0.25) is 0 Å². The van der Waals surface area contributed by atoms with Gasteiger partial charge in [-0.15, -0.1) is 0 Å². The first-order valence-corrected chi connectivity index (χ1v) is 6.25. The number of hydrogen-bond acceptors (Lipinski definition) is 1. The lowest BCUT2D eigenvalue weighted by Crippen LogP contribution is -2.27. The van der Waals surface area contributed by atoms with Gasteiger partial charge in [-0.1, -0.05) is 29.8 Å². The first kappa shape index (κ1) is 12.6. The minimum absolute atomic E-state index is 0.0856. The molecule has 0 amide bonds. The van der Waals surface area contributed by atoms with Crippen molar-refractivity contribution in [2.75, 3.05) is 0 Å². The summed E-state index contributed by atoms with van der Waals surface area (Å²) in [6.07, 6.45) is 2.00. The predicted molar refractivity (Wildman–Crippen MR) is 68.5 cm³/mol. The summed E-state index contributed by atoms with van der Waals surface area (Å²) in [5, 5.41) is 0. The third kappa shape index (κ3) is 3.53. The Balaban J connectivity index is 2.94. The maximum absolute atomic E-state index is 6.01. The fraction of sp³-hybridized carbons (Fsp3) is 0.538. The highest BCUT2D eigenvalue weighted by Crippen LogP contribution is 2.28. The van der Waals surface area contributed by atoms with Crippen LogP contribution in [0.25, 0.3) is 0 Å². The normalized spacial score (nSPS) is 11.5. The molecule has 0 heterocycles. The molecule has 0 unspecified atom stereocenters. The Morgan fingerprint density at radius 3 is 2.47 bits per heavy atom. The van der Waals surface area contributed by atoms with Gasteiger partial charge in [0.1, 0.15) is 11.4 Å². The summed E-state index contributed by atoms with van der Waals surface area (Å²) in [5.41, 5.74) is 1.17. The molecule has 0 N–H and O–H groups in total. The van der Waals surface area contributed by atoms with Crippen molar-refractivity contribution in [3.05, 3.63) is 28.2 Å². The number of aryl methyl sites for hydroxylation is 1. The quantitative estimate of drug-likeness (QED) is 0.778. The standard InChI is InChI=1S/C13H19BrO/c1-5-10-9-11(14)7-8-12(10)15-13(3,4)6-2/h7-9H,5-6H2,1-4H3. The second kappa shape index (κ2) is 5.02. The van der Waals surface area contributed by atoms with Crippen LogP contribution in [0.3, 0.4) is 0 Å². The molecule has 0 aliphatic heterocycles. The topological polar surface area (TPSA) is 9.23 Å². The lowest BCUT2D eigenvalue weighted by atomic mass is 10.1. The fourth-order valence-electron chi connectivity index (χ4n) is 1.29. The molecule has 0 radical (unpaired) electrons. The largest absolute Gasteiger partial charge is 0.488 e. The highest BCUT2D eigenvalue weighted by molar-refractivity contribution is 9.10. The molecule has 0 saturated heterocycles. The SMILES string of the molecule is CCc1cc(Br)ccc1OC(C)(C)CC. The zero-order chi connectivity index (χ0) is 11.5. The molecule has 0 atom stereocenters. The summed E-state index contributed by atoms with van der Waals surface area (Å²) in [5.74, 6) is 1.01. The summed E-state index contributed by atoms with van der Waals surface area (Å²) >= 11 is 3.48. The molecule has 0 aliphatic carbocycles. The lowest BCUT2D eigenvalue weighted by Gasteiger charge is -2.26. The van der Waals surface area contributed by atoms with Gasteiger partial charge in [0, 0.05) is 4.47 Å². The van der Waals surface area contributed by atoms with Gasteiger partial charge in [-0.05, 0) is 50.5 Å². The van der Waals surface area contributed by atoms with Gasteiger partial charge >= 0.3 is 0 Å². The van der Waals surface area contributed by atoms with E-state index in [0.717, 1.165) is 23.1 Å². The third-order valence-corrected chi connectivity index (χ3v) is 3.13. The van der Waals surface area contributed by atoms with Crippen LogP contribution in [0.1, 0.15) is 39.7 Å². The molecule has 15 heavy (non-hydrogen) atoms. The summed E-state index contributed by atoms with van der Waals surface area (Å²) in [7, 11) is 0. The molecule has 2 heteroatoms. The molecule has 84 valence electrons. The van der Waals surface area contributed by atoms with Crippen LogP contribution in [-0.2, 0) is 6.42 Å². The Labute approximate surface area is 101 Å². The van der Waals surface area contributed by atoms with Gasteiger partial charge in [0.2, 0.25) is 0 Å². The van der Waals surface area contributed by atoms with E-state index >= 15 is 0 Å². The van der Waals surface area contributed by atoms with Gasteiger partial charge in [-0.25, -0.2) is 0 Å². The van der Waals surface area contributed by atoms with Gasteiger partial charge in [0.05, 0.1) is 0 Å². The van der Waals surface area contributed by atoms with Crippen LogP contribution in [0.4, 0.5) is 0 Å².